The highest BCUT2D eigenvalue weighted by atomic mass is 32.1. The molecule has 0 unspecified atom stereocenters. The highest BCUT2D eigenvalue weighted by Crippen LogP contribution is 2.25. The van der Waals surface area contributed by atoms with Crippen molar-refractivity contribution in [2.45, 2.75) is 26.8 Å². The minimum atomic E-state index is 0.0164. The van der Waals surface area contributed by atoms with Crippen LogP contribution in [0.2, 0.25) is 0 Å². The van der Waals surface area contributed by atoms with E-state index in [0.717, 1.165) is 28.8 Å². The predicted octanol–water partition coefficient (Wildman–Crippen LogP) is 3.77. The molecule has 0 spiro atoms. The van der Waals surface area contributed by atoms with Crippen molar-refractivity contribution in [2.75, 3.05) is 6.54 Å². The molecule has 0 aliphatic rings. The zero-order valence-electron chi connectivity index (χ0n) is 14.0. The lowest BCUT2D eigenvalue weighted by Crippen LogP contribution is -2.24. The Kier molecular flexibility index (Phi) is 5.11. The number of nitrogens with zero attached hydrogens (tertiary/aromatic N) is 2. The maximum Gasteiger partial charge on any atom is 0.216 e. The van der Waals surface area contributed by atoms with Crippen molar-refractivity contribution in [1.29, 1.82) is 0 Å². The van der Waals surface area contributed by atoms with Crippen LogP contribution >= 0.6 is 11.3 Å². The number of thiazole rings is 1. The Labute approximate surface area is 145 Å². The zero-order chi connectivity index (χ0) is 16.9. The molecule has 0 aliphatic carbocycles. The van der Waals surface area contributed by atoms with Gasteiger partial charge in [0.15, 0.2) is 4.80 Å². The van der Waals surface area contributed by atoms with Crippen LogP contribution in [0.1, 0.15) is 19.0 Å². The van der Waals surface area contributed by atoms with Gasteiger partial charge in [0.05, 0.1) is 5.69 Å². The van der Waals surface area contributed by atoms with Crippen LogP contribution < -0.4 is 10.1 Å². The SMILES string of the molecule is CC(=O)NCCCn1c(C)csc1=Nc1cccc2ccccc12. The molecule has 0 saturated heterocycles. The van der Waals surface area contributed by atoms with Gasteiger partial charge in [-0.25, -0.2) is 4.99 Å². The molecule has 1 N–H and O–H groups in total. The molecule has 24 heavy (non-hydrogen) atoms. The molecule has 0 atom stereocenters. The molecule has 1 aromatic heterocycles. The Morgan fingerprint density at radius 3 is 2.83 bits per heavy atom. The second-order valence-corrected chi connectivity index (χ2v) is 6.59. The van der Waals surface area contributed by atoms with Crippen molar-refractivity contribution in [3.63, 3.8) is 0 Å². The summed E-state index contributed by atoms with van der Waals surface area (Å²) in [6, 6.07) is 14.5. The van der Waals surface area contributed by atoms with Gasteiger partial charge in [-0.1, -0.05) is 36.4 Å². The van der Waals surface area contributed by atoms with E-state index in [-0.39, 0.29) is 5.91 Å². The fourth-order valence-electron chi connectivity index (χ4n) is 2.69. The summed E-state index contributed by atoms with van der Waals surface area (Å²) >= 11 is 1.65. The van der Waals surface area contributed by atoms with Crippen molar-refractivity contribution in [2.24, 2.45) is 4.99 Å². The third-order valence-electron chi connectivity index (χ3n) is 3.91. The van der Waals surface area contributed by atoms with E-state index >= 15 is 0 Å². The second-order valence-electron chi connectivity index (χ2n) is 5.76. The van der Waals surface area contributed by atoms with Crippen LogP contribution in [-0.4, -0.2) is 17.0 Å². The lowest BCUT2D eigenvalue weighted by atomic mass is 10.1. The minimum absolute atomic E-state index is 0.0164. The van der Waals surface area contributed by atoms with Gasteiger partial charge >= 0.3 is 0 Å². The first-order valence-corrected chi connectivity index (χ1v) is 8.95. The predicted molar refractivity (Wildman–Crippen MR) is 99.5 cm³/mol. The van der Waals surface area contributed by atoms with Crippen molar-refractivity contribution in [3.05, 3.63) is 58.3 Å². The average Bonchev–Trinajstić information content (AvgIpc) is 2.92. The number of hydrogen-bond acceptors (Lipinski definition) is 3. The zero-order valence-corrected chi connectivity index (χ0v) is 14.8. The third kappa shape index (κ3) is 3.74. The van der Waals surface area contributed by atoms with Crippen LogP contribution in [0.15, 0.2) is 52.8 Å². The number of nitrogens with one attached hydrogen (secondary N) is 1. The molecule has 5 heteroatoms. The fraction of sp³-hybridized carbons (Fsp3) is 0.263. The van der Waals surface area contributed by atoms with E-state index in [1.807, 2.05) is 18.2 Å². The van der Waals surface area contributed by atoms with E-state index in [9.17, 15) is 4.79 Å². The molecule has 1 amide bonds. The number of amides is 1. The summed E-state index contributed by atoms with van der Waals surface area (Å²) < 4.78 is 2.22. The molecule has 124 valence electrons. The fourth-order valence-corrected chi connectivity index (χ4v) is 3.60. The number of benzene rings is 2. The summed E-state index contributed by atoms with van der Waals surface area (Å²) in [7, 11) is 0. The topological polar surface area (TPSA) is 46.4 Å². The van der Waals surface area contributed by atoms with Gasteiger partial charge in [-0.2, -0.15) is 0 Å². The van der Waals surface area contributed by atoms with Crippen LogP contribution in [0.25, 0.3) is 10.8 Å². The van der Waals surface area contributed by atoms with Gasteiger partial charge < -0.3 is 9.88 Å². The quantitative estimate of drug-likeness (QED) is 0.707. The van der Waals surface area contributed by atoms with E-state index in [4.69, 9.17) is 4.99 Å². The number of rotatable bonds is 5. The molecule has 0 bridgehead atoms. The first-order valence-electron chi connectivity index (χ1n) is 8.07. The molecule has 0 aliphatic heterocycles. The summed E-state index contributed by atoms with van der Waals surface area (Å²) in [6.07, 6.45) is 0.889. The van der Waals surface area contributed by atoms with Gasteiger partial charge in [0.25, 0.3) is 0 Å². The van der Waals surface area contributed by atoms with Crippen molar-refractivity contribution >= 4 is 33.7 Å². The lowest BCUT2D eigenvalue weighted by Gasteiger charge is -2.07. The minimum Gasteiger partial charge on any atom is -0.356 e. The van der Waals surface area contributed by atoms with Crippen LogP contribution in [0.3, 0.4) is 0 Å². The second kappa shape index (κ2) is 7.45. The van der Waals surface area contributed by atoms with Gasteiger partial charge in [0.2, 0.25) is 5.91 Å². The van der Waals surface area contributed by atoms with E-state index < -0.39 is 0 Å². The standard InChI is InChI=1S/C19H21N3OS/c1-14-13-24-19(22(14)12-6-11-20-15(2)23)21-18-10-5-8-16-7-3-4-9-17(16)18/h3-5,7-10,13H,6,11-12H2,1-2H3,(H,20,23). The van der Waals surface area contributed by atoms with Crippen LogP contribution in [-0.2, 0) is 11.3 Å². The Bertz CT molecular complexity index is 918. The van der Waals surface area contributed by atoms with Crippen LogP contribution in [0, 0.1) is 6.92 Å². The monoisotopic (exact) mass is 339 g/mol. The average molecular weight is 339 g/mol. The molecule has 0 fully saturated rings. The van der Waals surface area contributed by atoms with E-state index in [0.29, 0.717) is 6.54 Å². The number of fused-ring (bicyclic) bond motifs is 1. The van der Waals surface area contributed by atoms with Crippen LogP contribution in [0.5, 0.6) is 0 Å². The molecule has 4 nitrogen and oxygen atoms in total. The molecular weight excluding hydrogens is 318 g/mol. The maximum absolute atomic E-state index is 11.0. The summed E-state index contributed by atoms with van der Waals surface area (Å²) in [5.41, 5.74) is 2.19. The number of aromatic nitrogens is 1. The lowest BCUT2D eigenvalue weighted by molar-refractivity contribution is -0.118. The maximum atomic E-state index is 11.0. The van der Waals surface area contributed by atoms with Crippen molar-refractivity contribution < 1.29 is 4.79 Å². The molecule has 0 radical (unpaired) electrons. The largest absolute Gasteiger partial charge is 0.356 e. The normalized spacial score (nSPS) is 11.8. The Balaban J connectivity index is 1.91. The summed E-state index contributed by atoms with van der Waals surface area (Å²) in [5, 5.41) is 7.33. The smallest absolute Gasteiger partial charge is 0.216 e. The first-order chi connectivity index (χ1) is 11.6. The number of hydrogen-bond donors (Lipinski definition) is 1. The van der Waals surface area contributed by atoms with Gasteiger partial charge in [0.1, 0.15) is 0 Å². The molecule has 0 saturated carbocycles. The highest BCUT2D eigenvalue weighted by molar-refractivity contribution is 7.07. The summed E-state index contributed by atoms with van der Waals surface area (Å²) in [6.45, 7) is 5.17. The molecule has 3 rings (SSSR count). The molecular formula is C19H21N3OS. The Hall–Kier alpha value is -2.40. The Morgan fingerprint density at radius 1 is 1.21 bits per heavy atom. The van der Waals surface area contributed by atoms with Gasteiger partial charge in [-0.05, 0) is 24.8 Å². The van der Waals surface area contributed by atoms with Crippen LogP contribution in [0.4, 0.5) is 5.69 Å². The molecule has 2 aromatic carbocycles. The number of aryl methyl sites for hydroxylation is 1. The van der Waals surface area contributed by atoms with Crippen molar-refractivity contribution in [3.8, 4) is 0 Å². The van der Waals surface area contributed by atoms with E-state index in [2.05, 4.69) is 46.5 Å². The third-order valence-corrected chi connectivity index (χ3v) is 4.89. The molecule has 1 heterocycles. The van der Waals surface area contributed by atoms with E-state index in [1.165, 1.54) is 11.1 Å². The molecule has 3 aromatic rings. The highest BCUT2D eigenvalue weighted by Gasteiger charge is 2.04. The number of carbonyl (C=O) groups is 1. The van der Waals surface area contributed by atoms with E-state index in [1.54, 1.807) is 18.3 Å². The van der Waals surface area contributed by atoms with Gasteiger partial charge in [0, 0.05) is 36.5 Å². The Morgan fingerprint density at radius 2 is 2.00 bits per heavy atom. The van der Waals surface area contributed by atoms with Crippen molar-refractivity contribution in [1.82, 2.24) is 9.88 Å². The summed E-state index contributed by atoms with van der Waals surface area (Å²) in [4.78, 5) is 16.9. The van der Waals surface area contributed by atoms with Gasteiger partial charge in [-0.3, -0.25) is 4.79 Å². The summed E-state index contributed by atoms with van der Waals surface area (Å²) in [5.74, 6) is 0.0164. The first kappa shape index (κ1) is 16.5. The number of carbonyl (C=O) groups excluding carboxylic acids is 1. The van der Waals surface area contributed by atoms with Gasteiger partial charge in [-0.15, -0.1) is 11.3 Å².